The van der Waals surface area contributed by atoms with Crippen molar-refractivity contribution in [2.24, 2.45) is 0 Å². The van der Waals surface area contributed by atoms with Gasteiger partial charge in [0, 0.05) is 6.54 Å². The molecule has 0 saturated carbocycles. The van der Waals surface area contributed by atoms with Crippen LogP contribution in [0.15, 0.2) is 64.5 Å². The summed E-state index contributed by atoms with van der Waals surface area (Å²) in [6.45, 7) is 2.17. The van der Waals surface area contributed by atoms with Gasteiger partial charge < -0.3 is 5.32 Å². The summed E-state index contributed by atoms with van der Waals surface area (Å²) in [5.41, 5.74) is 2.08. The smallest absolute Gasteiger partial charge is 0.323 e. The number of rotatable bonds is 6. The first-order chi connectivity index (χ1) is 14.5. The number of nitrogens with zero attached hydrogens (tertiary/aromatic N) is 3. The zero-order chi connectivity index (χ0) is 21.1. The van der Waals surface area contributed by atoms with Gasteiger partial charge in [-0.2, -0.15) is 0 Å². The van der Waals surface area contributed by atoms with E-state index >= 15 is 0 Å². The van der Waals surface area contributed by atoms with Crippen molar-refractivity contribution in [2.45, 2.75) is 30.3 Å². The van der Waals surface area contributed by atoms with Gasteiger partial charge in [0.2, 0.25) is 11.8 Å². The monoisotopic (exact) mass is 423 g/mol. The molecule has 3 aromatic rings. The minimum atomic E-state index is -0.533. The van der Waals surface area contributed by atoms with E-state index in [1.165, 1.54) is 21.2 Å². The normalized spacial score (nSPS) is 14.2. The lowest BCUT2D eigenvalue weighted by Crippen LogP contribution is -2.45. The van der Waals surface area contributed by atoms with Crippen molar-refractivity contribution in [1.29, 1.82) is 0 Å². The second-order valence-corrected chi connectivity index (χ2v) is 8.26. The Hall–Kier alpha value is -3.33. The Morgan fingerprint density at radius 2 is 1.87 bits per heavy atom. The number of para-hydroxylation sites is 2. The Morgan fingerprint density at radius 1 is 1.13 bits per heavy atom. The third kappa shape index (κ3) is 4.16. The average Bonchev–Trinajstić information content (AvgIpc) is 3.10. The first kappa shape index (κ1) is 20.0. The second-order valence-electron chi connectivity index (χ2n) is 6.95. The summed E-state index contributed by atoms with van der Waals surface area (Å²) in [7, 11) is 0. The topological polar surface area (TPSA) is 100 Å². The molecule has 0 aliphatic carbocycles. The molecule has 0 unspecified atom stereocenters. The van der Waals surface area contributed by atoms with E-state index in [-0.39, 0.29) is 24.0 Å². The summed E-state index contributed by atoms with van der Waals surface area (Å²) in [5.74, 6) is -0.453. The third-order valence-electron chi connectivity index (χ3n) is 4.86. The maximum Gasteiger partial charge on any atom is 0.343 e. The Labute approximate surface area is 177 Å². The van der Waals surface area contributed by atoms with E-state index in [1.807, 2.05) is 36.4 Å². The number of aromatic nitrogens is 3. The standard InChI is InChI=1S/C21H21N5O3S/c1-14(19(28)26-13-18(27)22-16-9-5-6-10-17(16)26)30-21-24-23-20(29)25(21)12-11-15-7-3-2-4-8-15/h2-10,14H,11-13H2,1H3,(H,22,27)(H,23,29)/t14-/m1/s1. The summed E-state index contributed by atoms with van der Waals surface area (Å²) in [4.78, 5) is 38.8. The molecule has 0 bridgehead atoms. The molecule has 0 radical (unpaired) electrons. The summed E-state index contributed by atoms with van der Waals surface area (Å²) >= 11 is 1.20. The van der Waals surface area contributed by atoms with Crippen LogP contribution in [0.5, 0.6) is 0 Å². The van der Waals surface area contributed by atoms with Crippen LogP contribution in [0, 0.1) is 0 Å². The summed E-state index contributed by atoms with van der Waals surface area (Å²) in [5, 5.41) is 9.25. The van der Waals surface area contributed by atoms with Crippen LogP contribution in [0.3, 0.4) is 0 Å². The number of carbonyl (C=O) groups is 2. The lowest BCUT2D eigenvalue weighted by atomic mass is 10.1. The first-order valence-electron chi connectivity index (χ1n) is 9.59. The van der Waals surface area contributed by atoms with Gasteiger partial charge in [0.25, 0.3) is 0 Å². The molecule has 1 aromatic heterocycles. The van der Waals surface area contributed by atoms with Crippen molar-refractivity contribution in [2.75, 3.05) is 16.8 Å². The summed E-state index contributed by atoms with van der Waals surface area (Å²) in [6.07, 6.45) is 0.676. The molecule has 1 atom stereocenters. The molecule has 2 amide bonds. The fourth-order valence-electron chi connectivity index (χ4n) is 3.33. The highest BCUT2D eigenvalue weighted by Crippen LogP contribution is 2.31. The molecule has 1 aliphatic rings. The molecule has 2 N–H and O–H groups in total. The number of hydrogen-bond donors (Lipinski definition) is 2. The van der Waals surface area contributed by atoms with Gasteiger partial charge in [-0.15, -0.1) is 5.10 Å². The molecule has 30 heavy (non-hydrogen) atoms. The number of anilines is 2. The van der Waals surface area contributed by atoms with Crippen molar-refractivity contribution in [3.8, 4) is 0 Å². The van der Waals surface area contributed by atoms with Crippen LogP contribution in [-0.2, 0) is 22.6 Å². The number of H-pyrrole nitrogens is 1. The Bertz CT molecular complexity index is 1120. The highest BCUT2D eigenvalue weighted by atomic mass is 32.2. The maximum absolute atomic E-state index is 13.1. The lowest BCUT2D eigenvalue weighted by molar-refractivity contribution is -0.121. The average molecular weight is 423 g/mol. The molecule has 2 heterocycles. The van der Waals surface area contributed by atoms with Gasteiger partial charge in [-0.1, -0.05) is 54.2 Å². The van der Waals surface area contributed by atoms with E-state index in [1.54, 1.807) is 25.1 Å². The number of fused-ring (bicyclic) bond motifs is 1. The van der Waals surface area contributed by atoms with Gasteiger partial charge >= 0.3 is 5.69 Å². The molecular weight excluding hydrogens is 402 g/mol. The van der Waals surface area contributed by atoms with Gasteiger partial charge in [0.15, 0.2) is 5.16 Å². The van der Waals surface area contributed by atoms with Crippen LogP contribution in [0.25, 0.3) is 0 Å². The van der Waals surface area contributed by atoms with Gasteiger partial charge in [-0.3, -0.25) is 19.1 Å². The third-order valence-corrected chi connectivity index (χ3v) is 5.93. The minimum Gasteiger partial charge on any atom is -0.323 e. The number of hydrogen-bond acceptors (Lipinski definition) is 5. The molecule has 8 nitrogen and oxygen atoms in total. The number of nitrogens with one attached hydrogen (secondary N) is 2. The van der Waals surface area contributed by atoms with Crippen LogP contribution in [0.2, 0.25) is 0 Å². The quantitative estimate of drug-likeness (QED) is 0.593. The molecule has 0 saturated heterocycles. The zero-order valence-electron chi connectivity index (χ0n) is 16.4. The van der Waals surface area contributed by atoms with E-state index in [2.05, 4.69) is 15.5 Å². The molecule has 2 aromatic carbocycles. The van der Waals surface area contributed by atoms with Crippen molar-refractivity contribution in [3.05, 3.63) is 70.6 Å². The van der Waals surface area contributed by atoms with E-state index in [0.29, 0.717) is 29.5 Å². The Morgan fingerprint density at radius 3 is 2.67 bits per heavy atom. The fraction of sp³-hybridized carbons (Fsp3) is 0.238. The predicted octanol–water partition coefficient (Wildman–Crippen LogP) is 2.28. The minimum absolute atomic E-state index is 0.0396. The van der Waals surface area contributed by atoms with Crippen LogP contribution >= 0.6 is 11.8 Å². The molecular formula is C21H21N5O3S. The SMILES string of the molecule is C[C@@H](Sc1n[nH]c(=O)n1CCc1ccccc1)C(=O)N1CC(=O)Nc2ccccc21. The lowest BCUT2D eigenvalue weighted by Gasteiger charge is -2.30. The molecule has 9 heteroatoms. The first-order valence-corrected chi connectivity index (χ1v) is 10.5. The number of benzene rings is 2. The van der Waals surface area contributed by atoms with Crippen molar-refractivity contribution >= 4 is 35.0 Å². The van der Waals surface area contributed by atoms with E-state index in [4.69, 9.17) is 0 Å². The van der Waals surface area contributed by atoms with Crippen molar-refractivity contribution < 1.29 is 9.59 Å². The summed E-state index contributed by atoms with van der Waals surface area (Å²) < 4.78 is 1.54. The fourth-order valence-corrected chi connectivity index (χ4v) is 4.28. The Balaban J connectivity index is 1.49. The van der Waals surface area contributed by atoms with Gasteiger partial charge in [-0.25, -0.2) is 9.89 Å². The highest BCUT2D eigenvalue weighted by molar-refractivity contribution is 8.00. The number of carbonyl (C=O) groups excluding carboxylic acids is 2. The van der Waals surface area contributed by atoms with Crippen LogP contribution < -0.4 is 15.9 Å². The maximum atomic E-state index is 13.1. The number of aryl methyl sites for hydroxylation is 1. The largest absolute Gasteiger partial charge is 0.343 e. The second kappa shape index (κ2) is 8.58. The van der Waals surface area contributed by atoms with Crippen LogP contribution in [-0.4, -0.2) is 38.4 Å². The molecule has 1 aliphatic heterocycles. The number of amides is 2. The highest BCUT2D eigenvalue weighted by Gasteiger charge is 2.30. The molecule has 4 rings (SSSR count). The predicted molar refractivity (Wildman–Crippen MR) is 116 cm³/mol. The Kier molecular flexibility index (Phi) is 5.71. The zero-order valence-corrected chi connectivity index (χ0v) is 17.2. The van der Waals surface area contributed by atoms with Gasteiger partial charge in [0.05, 0.1) is 16.6 Å². The van der Waals surface area contributed by atoms with E-state index in [9.17, 15) is 14.4 Å². The van der Waals surface area contributed by atoms with E-state index < -0.39 is 5.25 Å². The summed E-state index contributed by atoms with van der Waals surface area (Å²) in [6, 6.07) is 17.1. The van der Waals surface area contributed by atoms with Gasteiger partial charge in [-0.05, 0) is 31.0 Å². The van der Waals surface area contributed by atoms with E-state index in [0.717, 1.165) is 5.56 Å². The number of thioether (sulfide) groups is 1. The molecule has 0 fully saturated rings. The van der Waals surface area contributed by atoms with Crippen molar-refractivity contribution in [3.63, 3.8) is 0 Å². The van der Waals surface area contributed by atoms with Crippen molar-refractivity contribution in [1.82, 2.24) is 14.8 Å². The van der Waals surface area contributed by atoms with Crippen LogP contribution in [0.4, 0.5) is 11.4 Å². The van der Waals surface area contributed by atoms with Crippen LogP contribution in [0.1, 0.15) is 12.5 Å². The number of aromatic amines is 1. The van der Waals surface area contributed by atoms with Gasteiger partial charge in [0.1, 0.15) is 6.54 Å². The molecule has 154 valence electrons. The molecule has 0 spiro atoms.